The number of hydrogen-bond donors (Lipinski definition) is 1. The molecule has 0 aliphatic carbocycles. The summed E-state index contributed by atoms with van der Waals surface area (Å²) in [5.74, 6) is -0.0696. The van der Waals surface area contributed by atoms with Crippen molar-refractivity contribution in [1.29, 1.82) is 0 Å². The molecule has 1 N–H and O–H groups in total. The fraction of sp³-hybridized carbons (Fsp3) is 0.733. The first-order valence-corrected chi connectivity index (χ1v) is 8.00. The number of aromatic nitrogens is 2. The Bertz CT molecular complexity index is 552. The predicted octanol–water partition coefficient (Wildman–Crippen LogP) is 1.64. The van der Waals surface area contributed by atoms with Gasteiger partial charge in [-0.3, -0.25) is 19.6 Å². The summed E-state index contributed by atoms with van der Waals surface area (Å²) in [6.45, 7) is 12.5. The van der Waals surface area contributed by atoms with Crippen molar-refractivity contribution >= 4 is 11.6 Å². The zero-order chi connectivity index (χ0) is 17.6. The Hall–Kier alpha value is -1.96. The maximum atomic E-state index is 12.0. The van der Waals surface area contributed by atoms with Crippen molar-refractivity contribution in [2.24, 2.45) is 0 Å². The highest BCUT2D eigenvalue weighted by atomic mass is 16.6. The summed E-state index contributed by atoms with van der Waals surface area (Å²) in [5, 5.41) is 18.1. The largest absolute Gasteiger partial charge is 0.352 e. The first-order valence-electron chi connectivity index (χ1n) is 8.00. The molecule has 0 aromatic carbocycles. The summed E-state index contributed by atoms with van der Waals surface area (Å²) in [4.78, 5) is 24.8. The van der Waals surface area contributed by atoms with Crippen LogP contribution in [0.4, 0.5) is 5.69 Å². The molecule has 1 aromatic rings. The van der Waals surface area contributed by atoms with E-state index in [4.69, 9.17) is 0 Å². The van der Waals surface area contributed by atoms with E-state index >= 15 is 0 Å². The summed E-state index contributed by atoms with van der Waals surface area (Å²) in [6, 6.07) is 0.0668. The van der Waals surface area contributed by atoms with Crippen LogP contribution in [-0.4, -0.2) is 51.2 Å². The van der Waals surface area contributed by atoms with Crippen LogP contribution in [0.25, 0.3) is 0 Å². The van der Waals surface area contributed by atoms with Gasteiger partial charge in [0.2, 0.25) is 5.91 Å². The SMILES string of the molecule is CCN(CC)C[C@@H](C)NC(=O)CCn1nc(C)c([N+](=O)[O-])c1C. The van der Waals surface area contributed by atoms with Crippen molar-refractivity contribution in [1.82, 2.24) is 20.0 Å². The highest BCUT2D eigenvalue weighted by Crippen LogP contribution is 2.21. The topological polar surface area (TPSA) is 93.3 Å². The van der Waals surface area contributed by atoms with Crippen LogP contribution in [0, 0.1) is 24.0 Å². The van der Waals surface area contributed by atoms with Gasteiger partial charge in [0.15, 0.2) is 0 Å². The van der Waals surface area contributed by atoms with Crippen LogP contribution >= 0.6 is 0 Å². The van der Waals surface area contributed by atoms with E-state index in [1.807, 2.05) is 6.92 Å². The Morgan fingerprint density at radius 2 is 2.00 bits per heavy atom. The van der Waals surface area contributed by atoms with Crippen LogP contribution in [0.3, 0.4) is 0 Å². The van der Waals surface area contributed by atoms with Gasteiger partial charge in [0.05, 0.1) is 11.5 Å². The molecule has 0 radical (unpaired) electrons. The van der Waals surface area contributed by atoms with Gasteiger partial charge in [0.1, 0.15) is 11.4 Å². The second-order valence-corrected chi connectivity index (χ2v) is 5.70. The van der Waals surface area contributed by atoms with Crippen molar-refractivity contribution in [2.75, 3.05) is 19.6 Å². The Morgan fingerprint density at radius 1 is 1.39 bits per heavy atom. The van der Waals surface area contributed by atoms with Gasteiger partial charge in [-0.05, 0) is 33.9 Å². The minimum atomic E-state index is -0.430. The van der Waals surface area contributed by atoms with Crippen LogP contribution in [0.15, 0.2) is 0 Å². The van der Waals surface area contributed by atoms with E-state index in [1.165, 1.54) is 4.68 Å². The van der Waals surface area contributed by atoms with Crippen molar-refractivity contribution in [3.05, 3.63) is 21.5 Å². The Balaban J connectivity index is 2.54. The van der Waals surface area contributed by atoms with E-state index in [0.717, 1.165) is 19.6 Å². The lowest BCUT2D eigenvalue weighted by Crippen LogP contribution is -2.42. The van der Waals surface area contributed by atoms with Gasteiger partial charge in [-0.1, -0.05) is 13.8 Å². The summed E-state index contributed by atoms with van der Waals surface area (Å²) in [6.07, 6.45) is 0.252. The Kier molecular flexibility index (Phi) is 7.15. The van der Waals surface area contributed by atoms with Gasteiger partial charge in [-0.2, -0.15) is 5.10 Å². The normalized spacial score (nSPS) is 12.4. The molecule has 1 atom stereocenters. The molecule has 8 nitrogen and oxygen atoms in total. The third-order valence-electron chi connectivity index (χ3n) is 3.91. The molecule has 1 aromatic heterocycles. The van der Waals surface area contributed by atoms with E-state index in [2.05, 4.69) is 29.2 Å². The average Bonchev–Trinajstić information content (AvgIpc) is 2.76. The highest BCUT2D eigenvalue weighted by molar-refractivity contribution is 5.76. The lowest BCUT2D eigenvalue weighted by Gasteiger charge is -2.23. The van der Waals surface area contributed by atoms with Crippen molar-refractivity contribution < 1.29 is 9.72 Å². The number of rotatable bonds is 9. The zero-order valence-electron chi connectivity index (χ0n) is 14.6. The van der Waals surface area contributed by atoms with Gasteiger partial charge < -0.3 is 10.2 Å². The summed E-state index contributed by atoms with van der Waals surface area (Å²) in [5.41, 5.74) is 0.889. The van der Waals surface area contributed by atoms with E-state index in [1.54, 1.807) is 13.8 Å². The second-order valence-electron chi connectivity index (χ2n) is 5.70. The summed E-state index contributed by atoms with van der Waals surface area (Å²) >= 11 is 0. The average molecular weight is 325 g/mol. The van der Waals surface area contributed by atoms with E-state index in [-0.39, 0.29) is 24.1 Å². The van der Waals surface area contributed by atoms with Crippen molar-refractivity contribution in [3.8, 4) is 0 Å². The minimum absolute atomic E-state index is 0.0281. The zero-order valence-corrected chi connectivity index (χ0v) is 14.6. The molecule has 0 bridgehead atoms. The van der Waals surface area contributed by atoms with Gasteiger partial charge in [-0.15, -0.1) is 0 Å². The number of nitrogens with zero attached hydrogens (tertiary/aromatic N) is 4. The quantitative estimate of drug-likeness (QED) is 0.550. The van der Waals surface area contributed by atoms with Crippen LogP contribution in [0.5, 0.6) is 0 Å². The Labute approximate surface area is 137 Å². The second kappa shape index (κ2) is 8.61. The number of amides is 1. The van der Waals surface area contributed by atoms with Crippen LogP contribution in [0.1, 0.15) is 38.6 Å². The van der Waals surface area contributed by atoms with Gasteiger partial charge in [-0.25, -0.2) is 0 Å². The molecule has 0 spiro atoms. The number of nitrogens with one attached hydrogen (secondary N) is 1. The molecule has 8 heteroatoms. The molecule has 0 unspecified atom stereocenters. The first-order chi connectivity index (χ1) is 10.8. The van der Waals surface area contributed by atoms with Gasteiger partial charge >= 0.3 is 5.69 Å². The third kappa shape index (κ3) is 5.31. The molecule has 0 fully saturated rings. The minimum Gasteiger partial charge on any atom is -0.352 e. The van der Waals surface area contributed by atoms with Crippen LogP contribution < -0.4 is 5.32 Å². The number of hydrogen-bond acceptors (Lipinski definition) is 5. The summed E-state index contributed by atoms with van der Waals surface area (Å²) in [7, 11) is 0. The Morgan fingerprint density at radius 3 is 2.48 bits per heavy atom. The maximum absolute atomic E-state index is 12.0. The number of likely N-dealkylation sites (N-methyl/N-ethyl adjacent to an activating group) is 1. The van der Waals surface area contributed by atoms with Crippen LogP contribution in [-0.2, 0) is 11.3 Å². The third-order valence-corrected chi connectivity index (χ3v) is 3.91. The van der Waals surface area contributed by atoms with Gasteiger partial charge in [0.25, 0.3) is 0 Å². The molecule has 130 valence electrons. The number of nitro groups is 1. The lowest BCUT2D eigenvalue weighted by molar-refractivity contribution is -0.386. The summed E-state index contributed by atoms with van der Waals surface area (Å²) < 4.78 is 1.53. The van der Waals surface area contributed by atoms with Crippen LogP contribution in [0.2, 0.25) is 0 Å². The standard InChI is InChI=1S/C15H27N5O3/c1-6-18(7-2)10-11(3)16-14(21)8-9-19-13(5)15(20(22)23)12(4)17-19/h11H,6-10H2,1-5H3,(H,16,21)/t11-/m1/s1. The molecule has 0 aliphatic rings. The number of carbonyl (C=O) groups is 1. The lowest BCUT2D eigenvalue weighted by atomic mass is 10.2. The fourth-order valence-electron chi connectivity index (χ4n) is 2.64. The smallest absolute Gasteiger partial charge is 0.312 e. The van der Waals surface area contributed by atoms with Gasteiger partial charge in [0, 0.05) is 19.0 Å². The predicted molar refractivity (Wildman–Crippen MR) is 88.4 cm³/mol. The van der Waals surface area contributed by atoms with E-state index in [9.17, 15) is 14.9 Å². The molecule has 0 saturated carbocycles. The molecular weight excluding hydrogens is 298 g/mol. The maximum Gasteiger partial charge on any atom is 0.312 e. The van der Waals surface area contributed by atoms with E-state index in [0.29, 0.717) is 17.9 Å². The molecule has 0 aliphatic heterocycles. The fourth-order valence-corrected chi connectivity index (χ4v) is 2.64. The molecule has 1 heterocycles. The number of carbonyl (C=O) groups excluding carboxylic acids is 1. The molecule has 1 amide bonds. The van der Waals surface area contributed by atoms with Crippen molar-refractivity contribution in [3.63, 3.8) is 0 Å². The van der Waals surface area contributed by atoms with Crippen molar-refractivity contribution in [2.45, 2.75) is 53.6 Å². The molecule has 0 saturated heterocycles. The highest BCUT2D eigenvalue weighted by Gasteiger charge is 2.22. The first kappa shape index (κ1) is 19.1. The number of aryl methyl sites for hydroxylation is 2. The monoisotopic (exact) mass is 325 g/mol. The molecule has 23 heavy (non-hydrogen) atoms. The molecular formula is C15H27N5O3. The molecule has 1 rings (SSSR count). The van der Waals surface area contributed by atoms with E-state index < -0.39 is 4.92 Å².